The number of hydrogen-bond acceptors (Lipinski definition) is 4. The van der Waals surface area contributed by atoms with Gasteiger partial charge >= 0.3 is 12.1 Å². The maximum atomic E-state index is 12.2. The van der Waals surface area contributed by atoms with Crippen LogP contribution >= 0.6 is 0 Å². The van der Waals surface area contributed by atoms with E-state index in [2.05, 4.69) is 22.5 Å². The van der Waals surface area contributed by atoms with E-state index in [1.807, 2.05) is 0 Å². The number of esters is 1. The number of rotatable bonds is 0. The van der Waals surface area contributed by atoms with Crippen LogP contribution in [0, 0.1) is 0 Å². The van der Waals surface area contributed by atoms with Gasteiger partial charge in [-0.1, -0.05) is 12.2 Å². The quantitative estimate of drug-likeness (QED) is 0.501. The van der Waals surface area contributed by atoms with Crippen molar-refractivity contribution in [3.63, 3.8) is 0 Å². The summed E-state index contributed by atoms with van der Waals surface area (Å²) in [6.07, 6.45) is 7.57. The first-order valence-electron chi connectivity index (χ1n) is 10.3. The number of hydrogen-bond donors (Lipinski definition) is 2. The molecule has 26 heavy (non-hydrogen) atoms. The Morgan fingerprint density at radius 3 is 2.65 bits per heavy atom. The van der Waals surface area contributed by atoms with Gasteiger partial charge in [0.1, 0.15) is 6.54 Å². The van der Waals surface area contributed by atoms with Crippen molar-refractivity contribution in [2.24, 2.45) is 4.99 Å². The Bertz CT molecular complexity index is 635. The Morgan fingerprint density at radius 1 is 1.31 bits per heavy atom. The lowest BCUT2D eigenvalue weighted by atomic mass is 10.1. The molecule has 1 aliphatic rings. The number of carbonyl (C=O) groups is 3. The molecule has 0 aliphatic carbocycles. The van der Waals surface area contributed by atoms with E-state index in [4.69, 9.17) is 14.0 Å². The molecule has 1 heterocycles. The molecule has 0 bridgehead atoms. The second-order valence-electron chi connectivity index (χ2n) is 6.15. The van der Waals surface area contributed by atoms with Gasteiger partial charge in [-0.25, -0.2) is 4.79 Å². The van der Waals surface area contributed by atoms with Crippen LogP contribution in [0.15, 0.2) is 17.1 Å². The molecule has 0 saturated carbocycles. The molecule has 1 rings (SSSR count). The van der Waals surface area contributed by atoms with Gasteiger partial charge in [-0.15, -0.1) is 4.99 Å². The zero-order chi connectivity index (χ0) is 21.9. The molecule has 2 N–H and O–H groups in total. The molecule has 146 valence electrons. The molecule has 8 nitrogen and oxygen atoms in total. The second-order valence-corrected chi connectivity index (χ2v) is 6.15. The van der Waals surface area contributed by atoms with Gasteiger partial charge in [0, 0.05) is 17.5 Å². The lowest BCUT2D eigenvalue weighted by Crippen LogP contribution is -2.45. The summed E-state index contributed by atoms with van der Waals surface area (Å²) in [6.45, 7) is -1.97. The summed E-state index contributed by atoms with van der Waals surface area (Å²) in [7, 11) is 0. The summed E-state index contributed by atoms with van der Waals surface area (Å²) >= 11 is 0. The lowest BCUT2D eigenvalue weighted by molar-refractivity contribution is -0.148. The van der Waals surface area contributed by atoms with Crippen molar-refractivity contribution in [1.29, 1.82) is 0 Å². The van der Waals surface area contributed by atoms with Crippen LogP contribution in [0.25, 0.3) is 0 Å². The van der Waals surface area contributed by atoms with E-state index in [-0.39, 0.29) is 6.42 Å². The normalized spacial score (nSPS) is 25.9. The number of nitrogens with zero attached hydrogens (tertiary/aromatic N) is 2. The van der Waals surface area contributed by atoms with E-state index in [9.17, 15) is 14.4 Å². The average molecular weight is 370 g/mol. The maximum Gasteiger partial charge on any atom is 0.434 e. The van der Waals surface area contributed by atoms with Crippen LogP contribution in [0.3, 0.4) is 0 Å². The molecule has 0 aromatic carbocycles. The highest BCUT2D eigenvalue weighted by atomic mass is 16.5. The molecule has 2 amide bonds. The van der Waals surface area contributed by atoms with Crippen LogP contribution in [0.1, 0.15) is 62.4 Å². The Kier molecular flexibility index (Phi) is 7.91. The molecule has 0 radical (unpaired) electrons. The topological polar surface area (TPSA) is 108 Å². The summed E-state index contributed by atoms with van der Waals surface area (Å²) in [4.78, 5) is 39.0. The van der Waals surface area contributed by atoms with E-state index >= 15 is 0 Å². The highest BCUT2D eigenvalue weighted by molar-refractivity contribution is 6.01. The summed E-state index contributed by atoms with van der Waals surface area (Å²) in [5, 5.41) is 11.2. The van der Waals surface area contributed by atoms with E-state index in [0.29, 0.717) is 17.7 Å². The van der Waals surface area contributed by atoms with Gasteiger partial charge in [0.05, 0.1) is 6.10 Å². The maximum absolute atomic E-state index is 12.2. The molecular formula is C18H29N3O5. The van der Waals surface area contributed by atoms with Crippen LogP contribution < -0.4 is 5.32 Å². The highest BCUT2D eigenvalue weighted by Gasteiger charge is 2.18. The molecule has 0 spiro atoms. The number of cyclic esters (lactones) is 1. The number of allylic oxidation sites excluding steroid dienone is 2. The minimum atomic E-state index is -2.91. The number of likely N-dealkylation sites (N-methyl/N-ethyl adjacent to an activating group) is 1. The van der Waals surface area contributed by atoms with Crippen molar-refractivity contribution >= 4 is 23.9 Å². The predicted octanol–water partition coefficient (Wildman–Crippen LogP) is 2.69. The van der Waals surface area contributed by atoms with Gasteiger partial charge in [0.25, 0.3) is 0 Å². The van der Waals surface area contributed by atoms with Crippen molar-refractivity contribution in [3.05, 3.63) is 12.2 Å². The first kappa shape index (κ1) is 17.1. The average Bonchev–Trinajstić information content (AvgIpc) is 2.58. The summed E-state index contributed by atoms with van der Waals surface area (Å²) < 4.78 is 28.1. The largest absolute Gasteiger partial charge is 0.463 e. The summed E-state index contributed by atoms with van der Waals surface area (Å²) in [5.41, 5.74) is 0. The van der Waals surface area contributed by atoms with Gasteiger partial charge in [0.15, 0.2) is 0 Å². The van der Waals surface area contributed by atoms with E-state index < -0.39 is 43.6 Å². The van der Waals surface area contributed by atoms with E-state index in [1.54, 1.807) is 6.92 Å². The van der Waals surface area contributed by atoms with Gasteiger partial charge < -0.3 is 14.7 Å². The van der Waals surface area contributed by atoms with Crippen LogP contribution in [0.4, 0.5) is 4.79 Å². The first-order valence-corrected chi connectivity index (χ1v) is 8.83. The number of carbonyl (C=O) groups excluding carboxylic acids is 2. The highest BCUT2D eigenvalue weighted by Crippen LogP contribution is 2.09. The number of aliphatic imine (C=N–C) groups is 1. The molecule has 0 saturated heterocycles. The Morgan fingerprint density at radius 2 is 2.00 bits per heavy atom. The zero-order valence-corrected chi connectivity index (χ0v) is 15.1. The summed E-state index contributed by atoms with van der Waals surface area (Å²) in [6, 6.07) is 0. The second kappa shape index (κ2) is 12.1. The Labute approximate surface area is 158 Å². The molecular weight excluding hydrogens is 338 g/mol. The third kappa shape index (κ3) is 9.80. The molecule has 1 aliphatic heterocycles. The van der Waals surface area contributed by atoms with Crippen LogP contribution in [-0.4, -0.2) is 53.6 Å². The molecule has 1 atom stereocenters. The number of amides is 2. The SMILES string of the molecule is [2H]C([2H])([2H])N1CC(=O)O[C@@H](C)CCCCC=CCCCCC(=O)NC1=NC(=O)O. The lowest BCUT2D eigenvalue weighted by Gasteiger charge is -2.21. The third-order valence-electron chi connectivity index (χ3n) is 3.75. The van der Waals surface area contributed by atoms with Gasteiger partial charge in [-0.05, 0) is 51.9 Å². The van der Waals surface area contributed by atoms with Crippen LogP contribution in [0.2, 0.25) is 0 Å². The predicted molar refractivity (Wildman–Crippen MR) is 97.9 cm³/mol. The smallest absolute Gasteiger partial charge is 0.434 e. The van der Waals surface area contributed by atoms with Crippen molar-refractivity contribution in [3.8, 4) is 0 Å². The van der Waals surface area contributed by atoms with Crippen molar-refractivity contribution in [1.82, 2.24) is 10.2 Å². The van der Waals surface area contributed by atoms with Crippen LogP contribution in [-0.2, 0) is 14.3 Å². The third-order valence-corrected chi connectivity index (χ3v) is 3.75. The molecule has 0 fully saturated rings. The zero-order valence-electron chi connectivity index (χ0n) is 18.1. The molecule has 0 unspecified atom stereocenters. The van der Waals surface area contributed by atoms with E-state index in [0.717, 1.165) is 32.1 Å². The Balaban J connectivity index is 3.04. The molecule has 0 aromatic rings. The van der Waals surface area contributed by atoms with Crippen LogP contribution in [0.5, 0.6) is 0 Å². The minimum absolute atomic E-state index is 0.0722. The van der Waals surface area contributed by atoms with Gasteiger partial charge in [-0.2, -0.15) is 0 Å². The van der Waals surface area contributed by atoms with Crippen molar-refractivity contribution in [2.75, 3.05) is 13.5 Å². The van der Waals surface area contributed by atoms with Crippen molar-refractivity contribution in [2.45, 2.75) is 64.4 Å². The fraction of sp³-hybridized carbons (Fsp3) is 0.667. The Hall–Kier alpha value is -2.38. The fourth-order valence-electron chi connectivity index (χ4n) is 2.44. The van der Waals surface area contributed by atoms with Gasteiger partial charge in [0.2, 0.25) is 11.9 Å². The standard InChI is InChI=1S/C18H29N3O5/c1-14-11-9-7-5-3-4-6-8-10-12-15(22)19-17(20-18(24)25)21(2)13-16(23)26-14/h3-4,14H,5-13H2,1-2H3,(H,24,25)(H,19,20,22)/t14-/m0/s1/i2D3. The fourth-order valence-corrected chi connectivity index (χ4v) is 2.44. The number of carboxylic acid groups (broad SMARTS) is 1. The van der Waals surface area contributed by atoms with Gasteiger partial charge in [-0.3, -0.25) is 14.9 Å². The minimum Gasteiger partial charge on any atom is -0.463 e. The molecule has 8 heteroatoms. The number of ether oxygens (including phenoxy) is 1. The van der Waals surface area contributed by atoms with E-state index in [1.165, 1.54) is 0 Å². The first-order chi connectivity index (χ1) is 13.6. The number of nitrogens with one attached hydrogen (secondary N) is 1. The van der Waals surface area contributed by atoms with Crippen molar-refractivity contribution < 1.29 is 28.3 Å². The monoisotopic (exact) mass is 370 g/mol. The molecule has 0 aromatic heterocycles. The number of guanidine groups is 1. The summed E-state index contributed by atoms with van der Waals surface area (Å²) in [5.74, 6) is -2.14.